The summed E-state index contributed by atoms with van der Waals surface area (Å²) in [6.45, 7) is -3.59. The van der Waals surface area contributed by atoms with Crippen molar-refractivity contribution in [1.82, 2.24) is 4.98 Å². The molecule has 1 aromatic rings. The highest BCUT2D eigenvalue weighted by molar-refractivity contribution is 5.91. The molecule has 20 heavy (non-hydrogen) atoms. The minimum Gasteiger partial charge on any atom is -0.467 e. The van der Waals surface area contributed by atoms with Gasteiger partial charge in [0.2, 0.25) is 5.88 Å². The van der Waals surface area contributed by atoms with Gasteiger partial charge >= 0.3 is 18.3 Å². The molecule has 0 N–H and O–H groups in total. The number of carbonyl (C=O) groups is 1. The van der Waals surface area contributed by atoms with Crippen molar-refractivity contribution in [1.29, 1.82) is 0 Å². The highest BCUT2D eigenvalue weighted by atomic mass is 19.4. The van der Waals surface area contributed by atoms with Gasteiger partial charge in [0.15, 0.2) is 13.2 Å². The minimum atomic E-state index is -4.75. The van der Waals surface area contributed by atoms with Crippen molar-refractivity contribution in [2.24, 2.45) is 0 Å². The molecule has 0 saturated heterocycles. The van der Waals surface area contributed by atoms with Gasteiger partial charge in [-0.2, -0.15) is 26.3 Å². The lowest BCUT2D eigenvalue weighted by Gasteiger charge is -2.12. The maximum absolute atomic E-state index is 12.0. The third-order valence-electron chi connectivity index (χ3n) is 1.73. The summed E-state index contributed by atoms with van der Waals surface area (Å²) in [7, 11) is 0. The molecule has 0 aliphatic heterocycles. The van der Waals surface area contributed by atoms with Crippen LogP contribution in [0.5, 0.6) is 5.88 Å². The monoisotopic (exact) mass is 303 g/mol. The van der Waals surface area contributed by atoms with Crippen LogP contribution in [0.2, 0.25) is 0 Å². The number of aromatic nitrogens is 1. The van der Waals surface area contributed by atoms with E-state index in [1.165, 1.54) is 0 Å². The standard InChI is InChI=1S/C10H7F6NO3/c11-9(12,13)4-19-7-6(2-1-3-17-7)8(18)20-5-10(14,15)16/h1-3H,4-5H2. The predicted octanol–water partition coefficient (Wildman–Crippen LogP) is 2.74. The number of pyridine rings is 1. The van der Waals surface area contributed by atoms with E-state index in [9.17, 15) is 31.1 Å². The van der Waals surface area contributed by atoms with Crippen LogP contribution in [-0.4, -0.2) is 36.5 Å². The van der Waals surface area contributed by atoms with E-state index in [1.54, 1.807) is 0 Å². The maximum atomic E-state index is 12.0. The SMILES string of the molecule is O=C(OCC(F)(F)F)c1cccnc1OCC(F)(F)F. The number of esters is 1. The Labute approximate surface area is 108 Å². The molecular weight excluding hydrogens is 296 g/mol. The molecule has 0 aliphatic rings. The molecule has 112 valence electrons. The number of carbonyl (C=O) groups excluding carboxylic acids is 1. The van der Waals surface area contributed by atoms with Crippen LogP contribution in [0, 0.1) is 0 Å². The molecular formula is C10H7F6NO3. The van der Waals surface area contributed by atoms with Crippen molar-refractivity contribution in [3.8, 4) is 5.88 Å². The van der Waals surface area contributed by atoms with E-state index in [0.717, 1.165) is 18.3 Å². The van der Waals surface area contributed by atoms with Gasteiger partial charge in [-0.3, -0.25) is 0 Å². The van der Waals surface area contributed by atoms with Crippen molar-refractivity contribution in [2.45, 2.75) is 12.4 Å². The van der Waals surface area contributed by atoms with Crippen molar-refractivity contribution < 1.29 is 40.6 Å². The zero-order valence-corrected chi connectivity index (χ0v) is 9.59. The molecule has 1 heterocycles. The van der Waals surface area contributed by atoms with Gasteiger partial charge in [-0.15, -0.1) is 0 Å². The summed E-state index contributed by atoms with van der Waals surface area (Å²) in [5.74, 6) is -2.23. The Kier molecular flexibility index (Phi) is 4.79. The molecule has 0 radical (unpaired) electrons. The molecule has 0 saturated carbocycles. The third-order valence-corrected chi connectivity index (χ3v) is 1.73. The van der Waals surface area contributed by atoms with Gasteiger partial charge in [-0.05, 0) is 12.1 Å². The summed E-state index contributed by atoms with van der Waals surface area (Å²) in [6.07, 6.45) is -8.40. The van der Waals surface area contributed by atoms with Crippen LogP contribution < -0.4 is 4.74 Å². The van der Waals surface area contributed by atoms with Gasteiger partial charge in [0.25, 0.3) is 0 Å². The van der Waals surface area contributed by atoms with Crippen LogP contribution in [0.4, 0.5) is 26.3 Å². The van der Waals surface area contributed by atoms with Gasteiger partial charge in [0.1, 0.15) is 5.56 Å². The molecule has 0 spiro atoms. The lowest BCUT2D eigenvalue weighted by atomic mass is 10.3. The second kappa shape index (κ2) is 5.97. The van der Waals surface area contributed by atoms with Crippen LogP contribution >= 0.6 is 0 Å². The molecule has 1 rings (SSSR count). The fourth-order valence-electron chi connectivity index (χ4n) is 1.04. The molecule has 0 fully saturated rings. The Morgan fingerprint density at radius 1 is 1.10 bits per heavy atom. The summed E-state index contributed by atoms with van der Waals surface area (Å²) >= 11 is 0. The second-order valence-electron chi connectivity index (χ2n) is 3.45. The summed E-state index contributed by atoms with van der Waals surface area (Å²) in [5, 5.41) is 0. The molecule has 0 amide bonds. The van der Waals surface area contributed by atoms with Crippen LogP contribution in [0.15, 0.2) is 18.3 Å². The lowest BCUT2D eigenvalue weighted by Crippen LogP contribution is -2.23. The first-order valence-corrected chi connectivity index (χ1v) is 4.97. The Hall–Kier alpha value is -2.00. The maximum Gasteiger partial charge on any atom is 0.422 e. The van der Waals surface area contributed by atoms with Gasteiger partial charge in [0.05, 0.1) is 0 Å². The highest BCUT2D eigenvalue weighted by Crippen LogP contribution is 2.22. The number of ether oxygens (including phenoxy) is 2. The van der Waals surface area contributed by atoms with E-state index < -0.39 is 43.0 Å². The molecule has 1 aromatic heterocycles. The van der Waals surface area contributed by atoms with Gasteiger partial charge in [-0.25, -0.2) is 9.78 Å². The van der Waals surface area contributed by atoms with Crippen molar-refractivity contribution in [3.05, 3.63) is 23.9 Å². The second-order valence-corrected chi connectivity index (χ2v) is 3.45. The average Bonchev–Trinajstić information content (AvgIpc) is 2.32. The lowest BCUT2D eigenvalue weighted by molar-refractivity contribution is -0.161. The number of nitrogens with zero attached hydrogens (tertiary/aromatic N) is 1. The number of alkyl halides is 6. The molecule has 10 heteroatoms. The Morgan fingerprint density at radius 3 is 2.25 bits per heavy atom. The Balaban J connectivity index is 2.77. The van der Waals surface area contributed by atoms with Crippen LogP contribution in [0.1, 0.15) is 10.4 Å². The largest absolute Gasteiger partial charge is 0.467 e. The van der Waals surface area contributed by atoms with E-state index in [4.69, 9.17) is 0 Å². The molecule has 0 unspecified atom stereocenters. The van der Waals surface area contributed by atoms with E-state index in [0.29, 0.717) is 0 Å². The Morgan fingerprint density at radius 2 is 1.70 bits per heavy atom. The number of hydrogen-bond donors (Lipinski definition) is 0. The van der Waals surface area contributed by atoms with Crippen molar-refractivity contribution >= 4 is 5.97 Å². The molecule has 4 nitrogen and oxygen atoms in total. The highest BCUT2D eigenvalue weighted by Gasteiger charge is 2.32. The number of halogens is 6. The van der Waals surface area contributed by atoms with E-state index in [1.807, 2.05) is 0 Å². The molecule has 0 aliphatic carbocycles. The topological polar surface area (TPSA) is 48.4 Å². The molecule has 0 atom stereocenters. The summed E-state index contributed by atoms with van der Waals surface area (Å²) in [4.78, 5) is 14.7. The fraction of sp³-hybridized carbons (Fsp3) is 0.400. The zero-order valence-electron chi connectivity index (χ0n) is 9.59. The van der Waals surface area contributed by atoms with E-state index in [-0.39, 0.29) is 0 Å². The van der Waals surface area contributed by atoms with Crippen LogP contribution in [0.3, 0.4) is 0 Å². The fourth-order valence-corrected chi connectivity index (χ4v) is 1.04. The summed E-state index contributed by atoms with van der Waals surface area (Å²) in [5.41, 5.74) is -0.624. The first-order valence-electron chi connectivity index (χ1n) is 4.97. The third kappa shape index (κ3) is 5.76. The van der Waals surface area contributed by atoms with Gasteiger partial charge in [-0.1, -0.05) is 0 Å². The zero-order chi connectivity index (χ0) is 15.4. The van der Waals surface area contributed by atoms with Gasteiger partial charge < -0.3 is 9.47 Å². The Bertz CT molecular complexity index is 471. The van der Waals surface area contributed by atoms with Gasteiger partial charge in [0, 0.05) is 6.20 Å². The van der Waals surface area contributed by atoms with Crippen molar-refractivity contribution in [2.75, 3.05) is 13.2 Å². The summed E-state index contributed by atoms with van der Waals surface area (Å²) < 4.78 is 79.6. The first-order chi connectivity index (χ1) is 9.08. The van der Waals surface area contributed by atoms with Crippen LogP contribution in [-0.2, 0) is 4.74 Å². The molecule has 0 bridgehead atoms. The van der Waals surface area contributed by atoms with Crippen LogP contribution in [0.25, 0.3) is 0 Å². The first kappa shape index (κ1) is 16.1. The normalized spacial score (nSPS) is 12.1. The average molecular weight is 303 g/mol. The number of hydrogen-bond acceptors (Lipinski definition) is 4. The van der Waals surface area contributed by atoms with E-state index >= 15 is 0 Å². The minimum absolute atomic E-state index is 0.624. The number of rotatable bonds is 4. The predicted molar refractivity (Wildman–Crippen MR) is 52.1 cm³/mol. The smallest absolute Gasteiger partial charge is 0.422 e. The van der Waals surface area contributed by atoms with Crippen molar-refractivity contribution in [3.63, 3.8) is 0 Å². The van der Waals surface area contributed by atoms with E-state index in [2.05, 4.69) is 14.5 Å². The molecule has 0 aromatic carbocycles. The quantitative estimate of drug-likeness (QED) is 0.634. The summed E-state index contributed by atoms with van der Waals surface area (Å²) in [6, 6.07) is 2.09.